The summed E-state index contributed by atoms with van der Waals surface area (Å²) in [5.41, 5.74) is 2.58. The standard InChI is InChI=1S/C12H21N5O/c1-3-10-14-11(16-13)7-12(15-10)17(2)8-9-5-4-6-18-9/h7,9H,3-6,8,13H2,1-2H3,(H,14,15,16). The van der Waals surface area contributed by atoms with Crippen LogP contribution in [0, 0.1) is 0 Å². The Balaban J connectivity index is 2.09. The molecule has 1 atom stereocenters. The summed E-state index contributed by atoms with van der Waals surface area (Å²) >= 11 is 0. The van der Waals surface area contributed by atoms with Crippen molar-refractivity contribution >= 4 is 11.6 Å². The van der Waals surface area contributed by atoms with Gasteiger partial charge in [-0.15, -0.1) is 0 Å². The topological polar surface area (TPSA) is 76.3 Å². The van der Waals surface area contributed by atoms with Gasteiger partial charge in [0, 0.05) is 32.7 Å². The van der Waals surface area contributed by atoms with Gasteiger partial charge in [-0.3, -0.25) is 0 Å². The van der Waals surface area contributed by atoms with E-state index in [0.29, 0.717) is 11.9 Å². The van der Waals surface area contributed by atoms with E-state index >= 15 is 0 Å². The molecule has 0 amide bonds. The average molecular weight is 251 g/mol. The van der Waals surface area contributed by atoms with Gasteiger partial charge in [0.25, 0.3) is 0 Å². The Morgan fingerprint density at radius 2 is 2.39 bits per heavy atom. The Bertz CT molecular complexity index is 370. The van der Waals surface area contributed by atoms with E-state index in [2.05, 4.69) is 20.3 Å². The fraction of sp³-hybridized carbons (Fsp3) is 0.667. The monoisotopic (exact) mass is 251 g/mol. The van der Waals surface area contributed by atoms with Crippen molar-refractivity contribution in [2.75, 3.05) is 30.5 Å². The van der Waals surface area contributed by atoms with Gasteiger partial charge in [0.05, 0.1) is 6.10 Å². The summed E-state index contributed by atoms with van der Waals surface area (Å²) in [6.07, 6.45) is 3.37. The Morgan fingerprint density at radius 1 is 1.56 bits per heavy atom. The molecule has 2 heterocycles. The number of nitrogens with one attached hydrogen (secondary N) is 1. The predicted molar refractivity (Wildman–Crippen MR) is 71.5 cm³/mol. The minimum Gasteiger partial charge on any atom is -0.376 e. The molecular formula is C12H21N5O. The number of hydrazine groups is 1. The Labute approximate surface area is 108 Å². The maximum Gasteiger partial charge on any atom is 0.145 e. The predicted octanol–water partition coefficient (Wildman–Crippen LogP) is 0.940. The summed E-state index contributed by atoms with van der Waals surface area (Å²) in [4.78, 5) is 10.9. The summed E-state index contributed by atoms with van der Waals surface area (Å²) in [7, 11) is 2.02. The maximum atomic E-state index is 5.63. The van der Waals surface area contributed by atoms with Gasteiger partial charge >= 0.3 is 0 Å². The van der Waals surface area contributed by atoms with Crippen LogP contribution >= 0.6 is 0 Å². The molecule has 0 bridgehead atoms. The number of rotatable bonds is 5. The van der Waals surface area contributed by atoms with Gasteiger partial charge in [0.2, 0.25) is 0 Å². The molecule has 1 unspecified atom stereocenters. The highest BCUT2D eigenvalue weighted by molar-refractivity contribution is 5.48. The van der Waals surface area contributed by atoms with E-state index in [1.807, 2.05) is 20.0 Å². The Morgan fingerprint density at radius 3 is 3.00 bits per heavy atom. The highest BCUT2D eigenvalue weighted by Crippen LogP contribution is 2.18. The van der Waals surface area contributed by atoms with Crippen LogP contribution < -0.4 is 16.2 Å². The van der Waals surface area contributed by atoms with Crippen LogP contribution in [-0.2, 0) is 11.2 Å². The van der Waals surface area contributed by atoms with Crippen LogP contribution in [0.15, 0.2) is 6.07 Å². The summed E-state index contributed by atoms with van der Waals surface area (Å²) in [5.74, 6) is 7.74. The van der Waals surface area contributed by atoms with Gasteiger partial charge in [0.15, 0.2) is 0 Å². The van der Waals surface area contributed by atoms with Crippen molar-refractivity contribution in [3.8, 4) is 0 Å². The molecule has 1 fully saturated rings. The van der Waals surface area contributed by atoms with Gasteiger partial charge in [-0.2, -0.15) is 0 Å². The van der Waals surface area contributed by atoms with Crippen molar-refractivity contribution in [3.05, 3.63) is 11.9 Å². The smallest absolute Gasteiger partial charge is 0.145 e. The molecule has 6 heteroatoms. The zero-order valence-corrected chi connectivity index (χ0v) is 11.0. The Kier molecular flexibility index (Phi) is 4.33. The minimum atomic E-state index is 0.310. The molecule has 0 aliphatic carbocycles. The molecular weight excluding hydrogens is 230 g/mol. The number of aryl methyl sites for hydroxylation is 1. The van der Waals surface area contributed by atoms with Crippen LogP contribution in [0.4, 0.5) is 11.6 Å². The second-order valence-electron chi connectivity index (χ2n) is 4.54. The largest absolute Gasteiger partial charge is 0.376 e. The molecule has 0 spiro atoms. The van der Waals surface area contributed by atoms with Gasteiger partial charge in [-0.05, 0) is 12.8 Å². The molecule has 1 aromatic rings. The lowest BCUT2D eigenvalue weighted by atomic mass is 10.2. The van der Waals surface area contributed by atoms with Crippen molar-refractivity contribution in [1.82, 2.24) is 9.97 Å². The zero-order valence-electron chi connectivity index (χ0n) is 11.0. The summed E-state index contributed by atoms with van der Waals surface area (Å²) in [5, 5.41) is 0. The van der Waals surface area contributed by atoms with E-state index in [0.717, 1.165) is 44.1 Å². The minimum absolute atomic E-state index is 0.310. The molecule has 1 saturated heterocycles. The van der Waals surface area contributed by atoms with Crippen LogP contribution in [-0.4, -0.2) is 36.3 Å². The normalized spacial score (nSPS) is 18.9. The lowest BCUT2D eigenvalue weighted by molar-refractivity contribution is 0.116. The zero-order chi connectivity index (χ0) is 13.0. The first-order valence-corrected chi connectivity index (χ1v) is 6.40. The third-order valence-electron chi connectivity index (χ3n) is 3.12. The molecule has 100 valence electrons. The van der Waals surface area contributed by atoms with Gasteiger partial charge in [-0.1, -0.05) is 6.92 Å². The van der Waals surface area contributed by atoms with Crippen molar-refractivity contribution in [3.63, 3.8) is 0 Å². The molecule has 0 aromatic carbocycles. The van der Waals surface area contributed by atoms with Crippen LogP contribution in [0.3, 0.4) is 0 Å². The van der Waals surface area contributed by atoms with E-state index in [-0.39, 0.29) is 0 Å². The highest BCUT2D eigenvalue weighted by Gasteiger charge is 2.18. The number of aromatic nitrogens is 2. The second kappa shape index (κ2) is 5.97. The van der Waals surface area contributed by atoms with E-state index in [1.54, 1.807) is 0 Å². The van der Waals surface area contributed by atoms with Crippen molar-refractivity contribution in [1.29, 1.82) is 0 Å². The van der Waals surface area contributed by atoms with Gasteiger partial charge in [-0.25, -0.2) is 15.8 Å². The van der Waals surface area contributed by atoms with Gasteiger partial charge < -0.3 is 15.1 Å². The third kappa shape index (κ3) is 3.08. The van der Waals surface area contributed by atoms with Crippen LogP contribution in [0.25, 0.3) is 0 Å². The number of nitrogens with two attached hydrogens (primary N) is 1. The van der Waals surface area contributed by atoms with Crippen LogP contribution in [0.1, 0.15) is 25.6 Å². The van der Waals surface area contributed by atoms with E-state index in [9.17, 15) is 0 Å². The number of anilines is 2. The van der Waals surface area contributed by atoms with E-state index in [1.165, 1.54) is 0 Å². The molecule has 1 aliphatic heterocycles. The molecule has 18 heavy (non-hydrogen) atoms. The SMILES string of the molecule is CCc1nc(NN)cc(N(C)CC2CCCO2)n1. The summed E-state index contributed by atoms with van der Waals surface area (Å²) in [6.45, 7) is 3.75. The molecule has 0 saturated carbocycles. The maximum absolute atomic E-state index is 5.63. The Hall–Kier alpha value is -1.40. The number of nitrogens with zero attached hydrogens (tertiary/aromatic N) is 3. The molecule has 0 radical (unpaired) electrons. The quantitative estimate of drug-likeness (QED) is 0.599. The lowest BCUT2D eigenvalue weighted by Gasteiger charge is -2.22. The molecule has 3 N–H and O–H groups in total. The molecule has 2 rings (SSSR count). The number of hydrogen-bond acceptors (Lipinski definition) is 6. The number of nitrogen functional groups attached to an aromatic ring is 1. The summed E-state index contributed by atoms with van der Waals surface area (Å²) < 4.78 is 5.63. The lowest BCUT2D eigenvalue weighted by Crippen LogP contribution is -2.29. The van der Waals surface area contributed by atoms with Crippen molar-refractivity contribution < 1.29 is 4.74 Å². The molecule has 1 aliphatic rings. The van der Waals surface area contributed by atoms with Crippen LogP contribution in [0.5, 0.6) is 0 Å². The first-order chi connectivity index (χ1) is 8.72. The van der Waals surface area contributed by atoms with E-state index < -0.39 is 0 Å². The van der Waals surface area contributed by atoms with Crippen molar-refractivity contribution in [2.45, 2.75) is 32.3 Å². The average Bonchev–Trinajstić information content (AvgIpc) is 2.90. The number of hydrogen-bond donors (Lipinski definition) is 2. The van der Waals surface area contributed by atoms with Gasteiger partial charge in [0.1, 0.15) is 17.5 Å². The van der Waals surface area contributed by atoms with Crippen LogP contribution in [0.2, 0.25) is 0 Å². The highest BCUT2D eigenvalue weighted by atomic mass is 16.5. The van der Waals surface area contributed by atoms with E-state index in [4.69, 9.17) is 10.6 Å². The third-order valence-corrected chi connectivity index (χ3v) is 3.12. The first-order valence-electron chi connectivity index (χ1n) is 6.40. The second-order valence-corrected chi connectivity index (χ2v) is 4.54. The fourth-order valence-corrected chi connectivity index (χ4v) is 2.10. The molecule has 1 aromatic heterocycles. The molecule has 6 nitrogen and oxygen atoms in total. The fourth-order valence-electron chi connectivity index (χ4n) is 2.10. The summed E-state index contributed by atoms with van der Waals surface area (Å²) in [6, 6.07) is 1.86. The van der Waals surface area contributed by atoms with Crippen molar-refractivity contribution in [2.24, 2.45) is 5.84 Å². The number of ether oxygens (including phenoxy) is 1. The first kappa shape index (κ1) is 13.0. The number of likely N-dealkylation sites (N-methyl/N-ethyl adjacent to an activating group) is 1.